The summed E-state index contributed by atoms with van der Waals surface area (Å²) >= 11 is 0. The van der Waals surface area contributed by atoms with E-state index in [-0.39, 0.29) is 18.2 Å². The molecule has 0 heterocycles. The fourth-order valence-electron chi connectivity index (χ4n) is 1.74. The van der Waals surface area contributed by atoms with Gasteiger partial charge in [0.2, 0.25) is 15.9 Å². The summed E-state index contributed by atoms with van der Waals surface area (Å²) in [6, 6.07) is -0.970. The fraction of sp³-hybridized carbons (Fsp3) is 0.818. The number of sulfonamides is 1. The summed E-state index contributed by atoms with van der Waals surface area (Å²) in [7, 11) is -0.637. The Kier molecular flexibility index (Phi) is 4.92. The number of amides is 1. The van der Waals surface area contributed by atoms with Gasteiger partial charge in [-0.05, 0) is 19.8 Å². The molecule has 1 aliphatic carbocycles. The molecule has 1 saturated carbocycles. The molecule has 0 radical (unpaired) electrons. The van der Waals surface area contributed by atoms with Gasteiger partial charge in [0.25, 0.3) is 0 Å². The number of carboxylic acid groups (broad SMARTS) is 1. The molecule has 1 fully saturated rings. The van der Waals surface area contributed by atoms with Crippen LogP contribution in [0.2, 0.25) is 0 Å². The van der Waals surface area contributed by atoms with Crippen molar-refractivity contribution in [2.24, 2.45) is 0 Å². The van der Waals surface area contributed by atoms with Gasteiger partial charge in [0, 0.05) is 26.6 Å². The molecule has 0 bridgehead atoms. The highest BCUT2D eigenvalue weighted by molar-refractivity contribution is 7.89. The first-order chi connectivity index (χ1) is 8.66. The van der Waals surface area contributed by atoms with Gasteiger partial charge < -0.3 is 10.0 Å². The Morgan fingerprint density at radius 3 is 2.21 bits per heavy atom. The SMILES string of the molecule is CC(C(=O)O)N(C(=O)CCS(=O)(=O)N(C)C)C1CC1. The zero-order chi connectivity index (χ0) is 14.8. The van der Waals surface area contributed by atoms with Crippen LogP contribution in [0.15, 0.2) is 0 Å². The molecule has 110 valence electrons. The minimum absolute atomic E-state index is 0.0549. The van der Waals surface area contributed by atoms with Crippen molar-refractivity contribution in [3.8, 4) is 0 Å². The van der Waals surface area contributed by atoms with E-state index >= 15 is 0 Å². The Labute approximate surface area is 113 Å². The van der Waals surface area contributed by atoms with Crippen molar-refractivity contribution >= 4 is 21.9 Å². The van der Waals surface area contributed by atoms with Gasteiger partial charge in [-0.1, -0.05) is 0 Å². The molecule has 0 aromatic carbocycles. The molecule has 1 amide bonds. The summed E-state index contributed by atoms with van der Waals surface area (Å²) in [4.78, 5) is 24.3. The van der Waals surface area contributed by atoms with Gasteiger partial charge in [-0.25, -0.2) is 17.5 Å². The molecular formula is C11H20N2O5S. The minimum Gasteiger partial charge on any atom is -0.480 e. The van der Waals surface area contributed by atoms with Crippen LogP contribution in [0.1, 0.15) is 26.2 Å². The Balaban J connectivity index is 2.67. The topological polar surface area (TPSA) is 95.0 Å². The molecule has 0 aliphatic heterocycles. The number of carbonyl (C=O) groups excluding carboxylic acids is 1. The number of rotatable bonds is 7. The van der Waals surface area contributed by atoms with E-state index < -0.39 is 27.9 Å². The molecule has 1 unspecified atom stereocenters. The third kappa shape index (κ3) is 4.17. The van der Waals surface area contributed by atoms with Gasteiger partial charge in [-0.3, -0.25) is 4.79 Å². The fourth-order valence-corrected chi connectivity index (χ4v) is 2.53. The van der Waals surface area contributed by atoms with Crippen LogP contribution in [-0.4, -0.2) is 66.5 Å². The van der Waals surface area contributed by atoms with E-state index in [1.807, 2.05) is 0 Å². The Bertz CT molecular complexity index is 456. The van der Waals surface area contributed by atoms with Gasteiger partial charge in [0.05, 0.1) is 5.75 Å². The van der Waals surface area contributed by atoms with Crippen LogP contribution in [0.5, 0.6) is 0 Å². The maximum Gasteiger partial charge on any atom is 0.326 e. The number of hydrogen-bond donors (Lipinski definition) is 1. The molecule has 1 rings (SSSR count). The lowest BCUT2D eigenvalue weighted by Crippen LogP contribution is -2.45. The third-order valence-corrected chi connectivity index (χ3v) is 4.97. The Morgan fingerprint density at radius 1 is 1.32 bits per heavy atom. The summed E-state index contributed by atoms with van der Waals surface area (Å²) < 4.78 is 24.2. The van der Waals surface area contributed by atoms with E-state index in [4.69, 9.17) is 5.11 Å². The smallest absolute Gasteiger partial charge is 0.326 e. The van der Waals surface area contributed by atoms with Crippen LogP contribution >= 0.6 is 0 Å². The van der Waals surface area contributed by atoms with E-state index in [2.05, 4.69) is 0 Å². The standard InChI is InChI=1S/C11H20N2O5S/c1-8(11(15)16)13(9-4-5-9)10(14)6-7-19(17,18)12(2)3/h8-9H,4-7H2,1-3H3,(H,15,16). The van der Waals surface area contributed by atoms with Gasteiger partial charge in [0.1, 0.15) is 6.04 Å². The van der Waals surface area contributed by atoms with Crippen molar-refractivity contribution < 1.29 is 23.1 Å². The molecular weight excluding hydrogens is 272 g/mol. The number of hydrogen-bond acceptors (Lipinski definition) is 4. The largest absolute Gasteiger partial charge is 0.480 e. The normalized spacial score (nSPS) is 17.3. The molecule has 0 aromatic heterocycles. The third-order valence-electron chi connectivity index (χ3n) is 3.13. The second-order valence-corrected chi connectivity index (χ2v) is 7.20. The van der Waals surface area contributed by atoms with Crippen LogP contribution in [-0.2, 0) is 19.6 Å². The van der Waals surface area contributed by atoms with Crippen molar-refractivity contribution in [2.75, 3.05) is 19.8 Å². The monoisotopic (exact) mass is 292 g/mol. The molecule has 7 nitrogen and oxygen atoms in total. The zero-order valence-corrected chi connectivity index (χ0v) is 12.2. The van der Waals surface area contributed by atoms with Gasteiger partial charge >= 0.3 is 5.97 Å². The highest BCUT2D eigenvalue weighted by Crippen LogP contribution is 2.29. The van der Waals surface area contributed by atoms with Crippen molar-refractivity contribution in [1.82, 2.24) is 9.21 Å². The quantitative estimate of drug-likeness (QED) is 0.697. The Morgan fingerprint density at radius 2 is 1.84 bits per heavy atom. The van der Waals surface area contributed by atoms with Crippen LogP contribution in [0.3, 0.4) is 0 Å². The first-order valence-corrected chi connectivity index (χ1v) is 7.72. The predicted molar refractivity (Wildman–Crippen MR) is 69.1 cm³/mol. The van der Waals surface area contributed by atoms with Crippen molar-refractivity contribution in [3.63, 3.8) is 0 Å². The summed E-state index contributed by atoms with van der Waals surface area (Å²) in [5.41, 5.74) is 0. The average Bonchev–Trinajstić information content (AvgIpc) is 3.10. The highest BCUT2D eigenvalue weighted by atomic mass is 32.2. The molecule has 1 aliphatic rings. The van der Waals surface area contributed by atoms with Crippen LogP contribution in [0.4, 0.5) is 0 Å². The van der Waals surface area contributed by atoms with Crippen molar-refractivity contribution in [3.05, 3.63) is 0 Å². The highest BCUT2D eigenvalue weighted by Gasteiger charge is 2.38. The van der Waals surface area contributed by atoms with Crippen LogP contribution in [0.25, 0.3) is 0 Å². The van der Waals surface area contributed by atoms with Crippen molar-refractivity contribution in [1.29, 1.82) is 0 Å². The van der Waals surface area contributed by atoms with Gasteiger partial charge in [-0.15, -0.1) is 0 Å². The van der Waals surface area contributed by atoms with E-state index in [1.165, 1.54) is 25.9 Å². The molecule has 8 heteroatoms. The lowest BCUT2D eigenvalue weighted by atomic mass is 10.2. The zero-order valence-electron chi connectivity index (χ0n) is 11.4. The second kappa shape index (κ2) is 5.87. The summed E-state index contributed by atoms with van der Waals surface area (Å²) in [5.74, 6) is -1.78. The lowest BCUT2D eigenvalue weighted by Gasteiger charge is -2.26. The number of aliphatic carboxylic acids is 1. The Hall–Kier alpha value is -1.15. The maximum atomic E-state index is 12.0. The molecule has 1 atom stereocenters. The van der Waals surface area contributed by atoms with E-state index in [9.17, 15) is 18.0 Å². The lowest BCUT2D eigenvalue weighted by molar-refractivity contribution is -0.149. The summed E-state index contributed by atoms with van der Waals surface area (Å²) in [6.07, 6.45) is 1.38. The molecule has 0 spiro atoms. The maximum absolute atomic E-state index is 12.0. The second-order valence-electron chi connectivity index (χ2n) is 4.89. The molecule has 1 N–H and O–H groups in total. The van der Waals surface area contributed by atoms with E-state index in [1.54, 1.807) is 0 Å². The van der Waals surface area contributed by atoms with Gasteiger partial charge in [-0.2, -0.15) is 0 Å². The first kappa shape index (κ1) is 15.9. The number of carboxylic acids is 1. The van der Waals surface area contributed by atoms with Gasteiger partial charge in [0.15, 0.2) is 0 Å². The predicted octanol–water partition coefficient (Wildman–Crippen LogP) is -0.268. The minimum atomic E-state index is -3.44. The molecule has 0 aromatic rings. The van der Waals surface area contributed by atoms with Crippen molar-refractivity contribution in [2.45, 2.75) is 38.3 Å². The molecule has 0 saturated heterocycles. The number of nitrogens with zero attached hydrogens (tertiary/aromatic N) is 2. The summed E-state index contributed by atoms with van der Waals surface area (Å²) in [5, 5.41) is 8.97. The van der Waals surface area contributed by atoms with Crippen LogP contribution in [0, 0.1) is 0 Å². The number of carbonyl (C=O) groups is 2. The van der Waals surface area contributed by atoms with E-state index in [0.717, 1.165) is 17.1 Å². The van der Waals surface area contributed by atoms with E-state index in [0.29, 0.717) is 0 Å². The summed E-state index contributed by atoms with van der Waals surface area (Å²) in [6.45, 7) is 1.44. The van der Waals surface area contributed by atoms with Crippen LogP contribution < -0.4 is 0 Å². The first-order valence-electron chi connectivity index (χ1n) is 6.11. The average molecular weight is 292 g/mol. The molecule has 19 heavy (non-hydrogen) atoms.